The second-order valence-corrected chi connectivity index (χ2v) is 5.35. The summed E-state index contributed by atoms with van der Waals surface area (Å²) in [5.41, 5.74) is 0. The van der Waals surface area contributed by atoms with E-state index in [4.69, 9.17) is 0 Å². The number of nitrogens with one attached hydrogen (secondary N) is 3. The number of amides is 6. The van der Waals surface area contributed by atoms with E-state index in [-0.39, 0.29) is 12.8 Å². The lowest BCUT2D eigenvalue weighted by Gasteiger charge is -2.21. The van der Waals surface area contributed by atoms with E-state index < -0.39 is 59.1 Å². The molecule has 0 aromatic rings. The Morgan fingerprint density at radius 3 is 1.24 bits per heavy atom. The van der Waals surface area contributed by atoms with Crippen LogP contribution in [0.2, 0.25) is 0 Å². The number of hydrogen-bond donors (Lipinski definition) is 3. The van der Waals surface area contributed by atoms with Crippen molar-refractivity contribution in [1.82, 2.24) is 16.0 Å². The van der Waals surface area contributed by atoms with Crippen molar-refractivity contribution in [1.29, 1.82) is 0 Å². The molecule has 110 valence electrons. The molecule has 0 aliphatic carbocycles. The summed E-state index contributed by atoms with van der Waals surface area (Å²) in [6.45, 7) is 0. The SMILES string of the molecule is O=C1CC(C2C(=O)NC(=O)C2C2CC(=O)NC2=O)C(=O)N1. The molecule has 6 amide bonds. The minimum Gasteiger partial charge on any atom is -0.296 e. The van der Waals surface area contributed by atoms with Gasteiger partial charge in [-0.25, -0.2) is 0 Å². The molecule has 0 aromatic heterocycles. The number of rotatable bonds is 2. The van der Waals surface area contributed by atoms with Gasteiger partial charge in [0.05, 0.1) is 23.7 Å². The summed E-state index contributed by atoms with van der Waals surface area (Å²) < 4.78 is 0. The lowest BCUT2D eigenvalue weighted by Crippen LogP contribution is -2.38. The first-order valence-corrected chi connectivity index (χ1v) is 6.40. The van der Waals surface area contributed by atoms with Gasteiger partial charge in [-0.1, -0.05) is 0 Å². The molecule has 0 saturated carbocycles. The summed E-state index contributed by atoms with van der Waals surface area (Å²) in [6.07, 6.45) is -0.411. The minimum atomic E-state index is -1.11. The number of imide groups is 3. The van der Waals surface area contributed by atoms with Crippen molar-refractivity contribution < 1.29 is 28.8 Å². The second kappa shape index (κ2) is 4.47. The third-order valence-electron chi connectivity index (χ3n) is 4.12. The van der Waals surface area contributed by atoms with Crippen molar-refractivity contribution in [3.63, 3.8) is 0 Å². The zero-order valence-electron chi connectivity index (χ0n) is 10.7. The van der Waals surface area contributed by atoms with Gasteiger partial charge in [0.2, 0.25) is 35.4 Å². The second-order valence-electron chi connectivity index (χ2n) is 5.35. The monoisotopic (exact) mass is 293 g/mol. The fraction of sp³-hybridized carbons (Fsp3) is 0.500. The predicted molar refractivity (Wildman–Crippen MR) is 62.6 cm³/mol. The van der Waals surface area contributed by atoms with Crippen molar-refractivity contribution in [2.45, 2.75) is 12.8 Å². The molecule has 0 radical (unpaired) electrons. The molecule has 0 aromatic carbocycles. The first-order valence-electron chi connectivity index (χ1n) is 6.40. The van der Waals surface area contributed by atoms with Crippen molar-refractivity contribution in [2.75, 3.05) is 0 Å². The molecule has 3 N–H and O–H groups in total. The zero-order valence-corrected chi connectivity index (χ0v) is 10.7. The molecule has 0 spiro atoms. The van der Waals surface area contributed by atoms with Crippen LogP contribution in [0.1, 0.15) is 12.8 Å². The van der Waals surface area contributed by atoms with Crippen LogP contribution in [0.5, 0.6) is 0 Å². The highest BCUT2D eigenvalue weighted by Gasteiger charge is 2.56. The van der Waals surface area contributed by atoms with Gasteiger partial charge in [0.25, 0.3) is 0 Å². The molecule has 3 rings (SSSR count). The Bertz CT molecular complexity index is 560. The summed E-state index contributed by atoms with van der Waals surface area (Å²) in [5.74, 6) is -7.88. The predicted octanol–water partition coefficient (Wildman–Crippen LogP) is -2.80. The van der Waals surface area contributed by atoms with Gasteiger partial charge < -0.3 is 0 Å². The van der Waals surface area contributed by atoms with E-state index in [0.717, 1.165) is 0 Å². The van der Waals surface area contributed by atoms with E-state index in [2.05, 4.69) is 16.0 Å². The van der Waals surface area contributed by atoms with Gasteiger partial charge in [0.15, 0.2) is 0 Å². The van der Waals surface area contributed by atoms with Gasteiger partial charge in [0, 0.05) is 12.8 Å². The topological polar surface area (TPSA) is 139 Å². The highest BCUT2D eigenvalue weighted by atomic mass is 16.2. The molecule has 3 aliphatic rings. The van der Waals surface area contributed by atoms with Gasteiger partial charge in [0.1, 0.15) is 0 Å². The Morgan fingerprint density at radius 1 is 0.571 bits per heavy atom. The van der Waals surface area contributed by atoms with Crippen LogP contribution < -0.4 is 16.0 Å². The largest absolute Gasteiger partial charge is 0.296 e. The summed E-state index contributed by atoms with van der Waals surface area (Å²) in [6, 6.07) is 0. The Labute approximate surface area is 117 Å². The molecule has 0 bridgehead atoms. The average molecular weight is 293 g/mol. The highest BCUT2D eigenvalue weighted by Crippen LogP contribution is 2.38. The number of carbonyl (C=O) groups is 6. The number of carbonyl (C=O) groups excluding carboxylic acids is 6. The standard InChI is InChI=1S/C12H11N3O6/c16-5-1-3(9(18)13-5)7-8(12(21)15-11(7)20)4-2-6(17)14-10(4)19/h3-4,7-8H,1-2H2,(H,13,16,18)(H,14,17,19)(H,15,20,21). The maximum atomic E-state index is 11.9. The molecule has 4 unspecified atom stereocenters. The van der Waals surface area contributed by atoms with Gasteiger partial charge in [-0.3, -0.25) is 44.7 Å². The number of hydrogen-bond acceptors (Lipinski definition) is 6. The highest BCUT2D eigenvalue weighted by molar-refractivity contribution is 6.13. The Morgan fingerprint density at radius 2 is 0.952 bits per heavy atom. The van der Waals surface area contributed by atoms with Crippen LogP contribution in [0, 0.1) is 23.7 Å². The smallest absolute Gasteiger partial charge is 0.231 e. The minimum absolute atomic E-state index is 0.205. The van der Waals surface area contributed by atoms with Crippen LogP contribution >= 0.6 is 0 Å². The summed E-state index contributed by atoms with van der Waals surface area (Å²) >= 11 is 0. The zero-order chi connectivity index (χ0) is 15.3. The van der Waals surface area contributed by atoms with E-state index in [1.165, 1.54) is 0 Å². The summed E-state index contributed by atoms with van der Waals surface area (Å²) in [4.78, 5) is 69.9. The van der Waals surface area contributed by atoms with E-state index in [9.17, 15) is 28.8 Å². The van der Waals surface area contributed by atoms with Crippen LogP contribution in [0.15, 0.2) is 0 Å². The van der Waals surface area contributed by atoms with Crippen LogP contribution in [0.3, 0.4) is 0 Å². The molecule has 4 atom stereocenters. The van der Waals surface area contributed by atoms with E-state index in [0.29, 0.717) is 0 Å². The Kier molecular flexibility index (Phi) is 2.85. The molecule has 9 heteroatoms. The van der Waals surface area contributed by atoms with Crippen molar-refractivity contribution >= 4 is 35.4 Å². The van der Waals surface area contributed by atoms with E-state index in [1.807, 2.05) is 0 Å². The van der Waals surface area contributed by atoms with Crippen LogP contribution in [0.25, 0.3) is 0 Å². The molecule has 21 heavy (non-hydrogen) atoms. The maximum absolute atomic E-state index is 11.9. The normalized spacial score (nSPS) is 36.0. The fourth-order valence-electron chi connectivity index (χ4n) is 3.21. The Hall–Kier alpha value is -2.58. The molecule has 9 nitrogen and oxygen atoms in total. The fourth-order valence-corrected chi connectivity index (χ4v) is 3.21. The van der Waals surface area contributed by atoms with Crippen LogP contribution in [0.4, 0.5) is 0 Å². The third-order valence-corrected chi connectivity index (χ3v) is 4.12. The van der Waals surface area contributed by atoms with Gasteiger partial charge in [-0.15, -0.1) is 0 Å². The quantitative estimate of drug-likeness (QED) is 0.470. The first-order chi connectivity index (χ1) is 9.88. The molecular formula is C12H11N3O6. The molecule has 3 fully saturated rings. The molecular weight excluding hydrogens is 282 g/mol. The van der Waals surface area contributed by atoms with Gasteiger partial charge in [-0.2, -0.15) is 0 Å². The first kappa shape index (κ1) is 13.4. The third kappa shape index (κ3) is 2.01. The van der Waals surface area contributed by atoms with Gasteiger partial charge in [-0.05, 0) is 0 Å². The lowest BCUT2D eigenvalue weighted by atomic mass is 9.75. The molecule has 3 aliphatic heterocycles. The van der Waals surface area contributed by atoms with Crippen molar-refractivity contribution in [3.8, 4) is 0 Å². The maximum Gasteiger partial charge on any atom is 0.231 e. The lowest BCUT2D eigenvalue weighted by molar-refractivity contribution is -0.135. The van der Waals surface area contributed by atoms with Crippen molar-refractivity contribution in [3.05, 3.63) is 0 Å². The van der Waals surface area contributed by atoms with E-state index in [1.54, 1.807) is 0 Å². The average Bonchev–Trinajstić information content (AvgIpc) is 2.96. The van der Waals surface area contributed by atoms with Crippen LogP contribution in [-0.2, 0) is 28.8 Å². The van der Waals surface area contributed by atoms with E-state index >= 15 is 0 Å². The van der Waals surface area contributed by atoms with Crippen LogP contribution in [-0.4, -0.2) is 35.4 Å². The molecule has 3 heterocycles. The summed E-state index contributed by atoms with van der Waals surface area (Å²) in [5, 5.41) is 6.23. The summed E-state index contributed by atoms with van der Waals surface area (Å²) in [7, 11) is 0. The van der Waals surface area contributed by atoms with Crippen molar-refractivity contribution in [2.24, 2.45) is 23.7 Å². The van der Waals surface area contributed by atoms with Gasteiger partial charge >= 0.3 is 0 Å². The molecule has 3 saturated heterocycles. The Balaban J connectivity index is 1.93.